The van der Waals surface area contributed by atoms with Crippen molar-refractivity contribution in [1.82, 2.24) is 10.3 Å². The lowest BCUT2D eigenvalue weighted by Crippen LogP contribution is -2.34. The van der Waals surface area contributed by atoms with Gasteiger partial charge in [-0.25, -0.2) is 4.98 Å². The molecule has 1 rings (SSSR count). The van der Waals surface area contributed by atoms with Crippen molar-refractivity contribution in [2.75, 3.05) is 19.7 Å². The Morgan fingerprint density at radius 1 is 1.43 bits per heavy atom. The van der Waals surface area contributed by atoms with Gasteiger partial charge in [-0.3, -0.25) is 4.99 Å². The first-order valence-electron chi connectivity index (χ1n) is 6.63. The number of aromatic nitrogens is 1. The van der Waals surface area contributed by atoms with E-state index in [1.54, 1.807) is 0 Å². The Morgan fingerprint density at radius 3 is 2.76 bits per heavy atom. The Morgan fingerprint density at radius 2 is 2.19 bits per heavy atom. The van der Waals surface area contributed by atoms with Gasteiger partial charge in [0.15, 0.2) is 5.96 Å². The Kier molecular flexibility index (Phi) is 6.77. The van der Waals surface area contributed by atoms with Gasteiger partial charge in [-0.1, -0.05) is 13.3 Å². The van der Waals surface area contributed by atoms with Crippen molar-refractivity contribution in [3.8, 4) is 5.88 Å². The van der Waals surface area contributed by atoms with Crippen LogP contribution >= 0.6 is 0 Å². The Labute approximate surface area is 121 Å². The Balaban J connectivity index is 2.28. The summed E-state index contributed by atoms with van der Waals surface area (Å²) >= 11 is 0. The zero-order valence-corrected chi connectivity index (χ0v) is 11.8. The van der Waals surface area contributed by atoms with E-state index >= 15 is 0 Å². The Bertz CT molecular complexity index is 446. The van der Waals surface area contributed by atoms with Crippen LogP contribution in [0.25, 0.3) is 0 Å². The van der Waals surface area contributed by atoms with Crippen LogP contribution in [-0.2, 0) is 6.18 Å². The van der Waals surface area contributed by atoms with E-state index in [4.69, 9.17) is 10.5 Å². The lowest BCUT2D eigenvalue weighted by Gasteiger charge is -2.09. The second kappa shape index (κ2) is 8.33. The number of nitrogens with zero attached hydrogens (tertiary/aromatic N) is 2. The van der Waals surface area contributed by atoms with E-state index < -0.39 is 11.7 Å². The fraction of sp³-hybridized carbons (Fsp3) is 0.538. The number of rotatable bonds is 7. The van der Waals surface area contributed by atoms with Crippen LogP contribution in [0.2, 0.25) is 0 Å². The lowest BCUT2D eigenvalue weighted by atomic mass is 10.3. The second-order valence-corrected chi connectivity index (χ2v) is 4.28. The highest BCUT2D eigenvalue weighted by Crippen LogP contribution is 2.29. The van der Waals surface area contributed by atoms with Crippen LogP contribution in [0, 0.1) is 0 Å². The largest absolute Gasteiger partial charge is 0.476 e. The molecule has 0 aromatic carbocycles. The summed E-state index contributed by atoms with van der Waals surface area (Å²) in [6.45, 7) is 3.34. The van der Waals surface area contributed by atoms with E-state index in [1.807, 2.05) is 0 Å². The summed E-state index contributed by atoms with van der Waals surface area (Å²) in [6.07, 6.45) is -1.65. The van der Waals surface area contributed by atoms with Crippen LogP contribution in [0.15, 0.2) is 23.3 Å². The molecule has 5 nitrogen and oxygen atoms in total. The van der Waals surface area contributed by atoms with Crippen molar-refractivity contribution < 1.29 is 17.9 Å². The van der Waals surface area contributed by atoms with Gasteiger partial charge in [0, 0.05) is 18.8 Å². The number of pyridine rings is 1. The van der Waals surface area contributed by atoms with Crippen molar-refractivity contribution >= 4 is 5.96 Å². The molecule has 0 atom stereocenters. The van der Waals surface area contributed by atoms with Gasteiger partial charge < -0.3 is 15.8 Å². The van der Waals surface area contributed by atoms with Gasteiger partial charge in [0.2, 0.25) is 5.88 Å². The number of nitrogens with one attached hydrogen (secondary N) is 1. The third-order valence-electron chi connectivity index (χ3n) is 2.52. The molecule has 1 aromatic heterocycles. The molecule has 8 heteroatoms. The zero-order chi connectivity index (χ0) is 15.7. The molecule has 0 bridgehead atoms. The predicted molar refractivity (Wildman–Crippen MR) is 74.1 cm³/mol. The third kappa shape index (κ3) is 6.82. The van der Waals surface area contributed by atoms with E-state index in [9.17, 15) is 13.2 Å². The number of unbranched alkanes of at least 4 members (excludes halogenated alkanes) is 1. The standard InChI is InChI=1S/C13H19F3N4O/c1-2-3-6-18-12(17)19-7-8-21-11-5-4-10(9-20-11)13(14,15)16/h4-5,9H,2-3,6-8H2,1H3,(H3,17,18,19). The molecule has 0 saturated carbocycles. The van der Waals surface area contributed by atoms with Gasteiger partial charge in [-0.15, -0.1) is 0 Å². The first kappa shape index (κ1) is 17.1. The van der Waals surface area contributed by atoms with E-state index in [0.717, 1.165) is 25.1 Å². The number of nitrogens with two attached hydrogens (primary N) is 1. The topological polar surface area (TPSA) is 72.5 Å². The number of guanidine groups is 1. The molecule has 1 aromatic rings. The van der Waals surface area contributed by atoms with Crippen LogP contribution in [0.5, 0.6) is 5.88 Å². The maximum Gasteiger partial charge on any atom is 0.417 e. The highest BCUT2D eigenvalue weighted by molar-refractivity contribution is 5.77. The van der Waals surface area contributed by atoms with E-state index in [0.29, 0.717) is 19.0 Å². The van der Waals surface area contributed by atoms with Gasteiger partial charge >= 0.3 is 6.18 Å². The number of ether oxygens (including phenoxy) is 1. The maximum atomic E-state index is 12.3. The maximum absolute atomic E-state index is 12.3. The van der Waals surface area contributed by atoms with Crippen LogP contribution in [0.4, 0.5) is 13.2 Å². The molecule has 1 heterocycles. The number of hydrogen-bond acceptors (Lipinski definition) is 3. The molecule has 0 aliphatic heterocycles. The molecule has 0 aliphatic carbocycles. The molecule has 0 saturated heterocycles. The minimum atomic E-state index is -4.39. The summed E-state index contributed by atoms with van der Waals surface area (Å²) in [5, 5.41) is 2.84. The molecule has 0 spiro atoms. The molecule has 21 heavy (non-hydrogen) atoms. The smallest absolute Gasteiger partial charge is 0.417 e. The fourth-order valence-corrected chi connectivity index (χ4v) is 1.38. The van der Waals surface area contributed by atoms with E-state index in [-0.39, 0.29) is 12.5 Å². The summed E-state index contributed by atoms with van der Waals surface area (Å²) in [7, 11) is 0. The average molecular weight is 304 g/mol. The van der Waals surface area contributed by atoms with Gasteiger partial charge in [0.1, 0.15) is 6.61 Å². The first-order valence-corrected chi connectivity index (χ1v) is 6.63. The molecule has 0 amide bonds. The SMILES string of the molecule is CCCCN=C(N)NCCOc1ccc(C(F)(F)F)cn1. The van der Waals surface area contributed by atoms with Crippen molar-refractivity contribution in [2.24, 2.45) is 10.7 Å². The molecule has 3 N–H and O–H groups in total. The zero-order valence-electron chi connectivity index (χ0n) is 11.8. The van der Waals surface area contributed by atoms with Gasteiger partial charge in [0.25, 0.3) is 0 Å². The molecular weight excluding hydrogens is 285 g/mol. The number of halogens is 3. The molecule has 0 unspecified atom stereocenters. The van der Waals surface area contributed by atoms with Crippen molar-refractivity contribution in [3.63, 3.8) is 0 Å². The van der Waals surface area contributed by atoms with E-state index in [2.05, 4.69) is 22.2 Å². The van der Waals surface area contributed by atoms with Crippen LogP contribution < -0.4 is 15.8 Å². The normalized spacial score (nSPS) is 12.3. The van der Waals surface area contributed by atoms with Gasteiger partial charge in [-0.2, -0.15) is 13.2 Å². The minimum absolute atomic E-state index is 0.131. The van der Waals surface area contributed by atoms with Crippen LogP contribution in [0.3, 0.4) is 0 Å². The monoisotopic (exact) mass is 304 g/mol. The highest BCUT2D eigenvalue weighted by atomic mass is 19.4. The summed E-state index contributed by atoms with van der Waals surface area (Å²) < 4.78 is 42.2. The predicted octanol–water partition coefficient (Wildman–Crippen LogP) is 2.18. The summed E-state index contributed by atoms with van der Waals surface area (Å²) in [6, 6.07) is 2.11. The van der Waals surface area contributed by atoms with Crippen LogP contribution in [0.1, 0.15) is 25.3 Å². The molecule has 118 valence electrons. The summed E-state index contributed by atoms with van der Waals surface area (Å²) in [4.78, 5) is 7.68. The van der Waals surface area contributed by atoms with Crippen molar-refractivity contribution in [3.05, 3.63) is 23.9 Å². The molecular formula is C13H19F3N4O. The van der Waals surface area contributed by atoms with Gasteiger partial charge in [-0.05, 0) is 12.5 Å². The van der Waals surface area contributed by atoms with Crippen molar-refractivity contribution in [2.45, 2.75) is 25.9 Å². The average Bonchev–Trinajstić information content (AvgIpc) is 2.43. The van der Waals surface area contributed by atoms with Crippen molar-refractivity contribution in [1.29, 1.82) is 0 Å². The third-order valence-corrected chi connectivity index (χ3v) is 2.52. The van der Waals surface area contributed by atoms with E-state index in [1.165, 1.54) is 6.07 Å². The number of hydrogen-bond donors (Lipinski definition) is 2. The number of aliphatic imine (C=N–C) groups is 1. The quantitative estimate of drug-likeness (QED) is 0.460. The molecule has 0 fully saturated rings. The van der Waals surface area contributed by atoms with Crippen LogP contribution in [-0.4, -0.2) is 30.6 Å². The highest BCUT2D eigenvalue weighted by Gasteiger charge is 2.30. The summed E-state index contributed by atoms with van der Waals surface area (Å²) in [5.41, 5.74) is 4.80. The summed E-state index contributed by atoms with van der Waals surface area (Å²) in [5.74, 6) is 0.457. The number of alkyl halides is 3. The van der Waals surface area contributed by atoms with Gasteiger partial charge in [0.05, 0.1) is 12.1 Å². The lowest BCUT2D eigenvalue weighted by molar-refractivity contribution is -0.137. The fourth-order valence-electron chi connectivity index (χ4n) is 1.38. The Hall–Kier alpha value is -1.99. The first-order chi connectivity index (χ1) is 9.93. The second-order valence-electron chi connectivity index (χ2n) is 4.28. The minimum Gasteiger partial charge on any atom is -0.476 e. The molecule has 0 radical (unpaired) electrons. The molecule has 0 aliphatic rings.